The highest BCUT2D eigenvalue weighted by molar-refractivity contribution is 5.16. The van der Waals surface area contributed by atoms with Crippen molar-refractivity contribution in [3.05, 3.63) is 48.0 Å². The minimum atomic E-state index is -0.340. The van der Waals surface area contributed by atoms with Gasteiger partial charge in [0.25, 0.3) is 0 Å². The molecular formula is C35H59NO4. The predicted octanol–water partition coefficient (Wildman–Crippen LogP) is 8.58. The van der Waals surface area contributed by atoms with Gasteiger partial charge >= 0.3 is 0 Å². The minimum absolute atomic E-state index is 0.0104. The van der Waals surface area contributed by atoms with E-state index in [2.05, 4.69) is 46.8 Å². The Morgan fingerprint density at radius 2 is 1.57 bits per heavy atom. The maximum Gasteiger partial charge on any atom is 0.184 e. The number of rotatable bonds is 18. The van der Waals surface area contributed by atoms with Crippen LogP contribution in [-0.4, -0.2) is 37.8 Å². The molecule has 40 heavy (non-hydrogen) atoms. The number of fused-ring (bicyclic) bond motifs is 1. The molecule has 0 saturated carbocycles. The molecule has 2 N–H and O–H groups in total. The van der Waals surface area contributed by atoms with Gasteiger partial charge in [0.2, 0.25) is 0 Å². The molecule has 2 aliphatic heterocycles. The molecule has 228 valence electrons. The Bertz CT molecular complexity index is 815. The lowest BCUT2D eigenvalue weighted by atomic mass is 9.84. The summed E-state index contributed by atoms with van der Waals surface area (Å²) in [7, 11) is 0. The van der Waals surface area contributed by atoms with E-state index in [9.17, 15) is 0 Å². The quantitative estimate of drug-likeness (QED) is 0.145. The van der Waals surface area contributed by atoms with Crippen LogP contribution in [-0.2, 0) is 18.9 Å². The Morgan fingerprint density at radius 3 is 2.27 bits per heavy atom. The van der Waals surface area contributed by atoms with Crippen LogP contribution in [0.4, 0.5) is 0 Å². The smallest absolute Gasteiger partial charge is 0.184 e. The standard InChI is InChI=1S/C35H59NO4/c1-6-7-8-9-10-11-12-13-14-15-16-18-21-26(2)27(3)31(36)24-37-34-29(5)28(4)33-32(39-34)25-38-35(40-33)30-22-19-17-20-23-30/h16-20,22-23,26-29,31-35H,6-15,21,24-25,36H2,1-5H3/t26-,27-,28?,29?,31+,32?,33?,34?,35?/m1/s1. The van der Waals surface area contributed by atoms with Crippen LogP contribution < -0.4 is 5.73 Å². The highest BCUT2D eigenvalue weighted by Gasteiger charge is 2.46. The van der Waals surface area contributed by atoms with Crippen molar-refractivity contribution in [3.8, 4) is 0 Å². The van der Waals surface area contributed by atoms with Gasteiger partial charge in [-0.3, -0.25) is 0 Å². The second-order valence-electron chi connectivity index (χ2n) is 12.6. The Morgan fingerprint density at radius 1 is 0.900 bits per heavy atom. The fraction of sp³-hybridized carbons (Fsp3) is 0.771. The molecule has 1 aromatic rings. The molecule has 6 unspecified atom stereocenters. The Hall–Kier alpha value is -1.24. The van der Waals surface area contributed by atoms with Crippen LogP contribution in [0.1, 0.15) is 117 Å². The van der Waals surface area contributed by atoms with Gasteiger partial charge in [0.15, 0.2) is 12.6 Å². The van der Waals surface area contributed by atoms with Gasteiger partial charge < -0.3 is 24.7 Å². The van der Waals surface area contributed by atoms with Crippen LogP contribution in [0.25, 0.3) is 0 Å². The van der Waals surface area contributed by atoms with Crippen LogP contribution in [0.3, 0.4) is 0 Å². The van der Waals surface area contributed by atoms with E-state index in [1.165, 1.54) is 64.2 Å². The summed E-state index contributed by atoms with van der Waals surface area (Å²) in [6, 6.07) is 10.1. The highest BCUT2D eigenvalue weighted by Crippen LogP contribution is 2.39. The van der Waals surface area contributed by atoms with E-state index in [0.717, 1.165) is 12.0 Å². The van der Waals surface area contributed by atoms with Crippen molar-refractivity contribution in [2.45, 2.75) is 136 Å². The summed E-state index contributed by atoms with van der Waals surface area (Å²) >= 11 is 0. The zero-order valence-corrected chi connectivity index (χ0v) is 26.1. The van der Waals surface area contributed by atoms with E-state index in [0.29, 0.717) is 31.0 Å². The number of unbranched alkanes of at least 4 members (excludes halogenated alkanes) is 9. The lowest BCUT2D eigenvalue weighted by Crippen LogP contribution is -2.56. The molecule has 2 fully saturated rings. The SMILES string of the molecule is CCCCCCCCCCCC=CC[C@@H](C)[C@@H](C)[C@@H](N)COC1OC2COC(c3ccccc3)OC2C(C)C1C. The van der Waals surface area contributed by atoms with E-state index in [4.69, 9.17) is 24.7 Å². The fourth-order valence-electron chi connectivity index (χ4n) is 5.94. The first kappa shape index (κ1) is 33.3. The first-order valence-electron chi connectivity index (χ1n) is 16.4. The Kier molecular flexibility index (Phi) is 15.2. The summed E-state index contributed by atoms with van der Waals surface area (Å²) in [4.78, 5) is 0. The molecule has 2 heterocycles. The molecule has 0 bridgehead atoms. The van der Waals surface area contributed by atoms with E-state index >= 15 is 0 Å². The van der Waals surface area contributed by atoms with Crippen molar-refractivity contribution in [1.82, 2.24) is 0 Å². The van der Waals surface area contributed by atoms with Gasteiger partial charge in [0.1, 0.15) is 6.10 Å². The van der Waals surface area contributed by atoms with Crippen molar-refractivity contribution in [2.75, 3.05) is 13.2 Å². The number of nitrogens with two attached hydrogens (primary N) is 1. The summed E-state index contributed by atoms with van der Waals surface area (Å²) in [6.45, 7) is 12.3. The van der Waals surface area contributed by atoms with Gasteiger partial charge in [-0.2, -0.15) is 0 Å². The zero-order valence-electron chi connectivity index (χ0n) is 26.1. The third-order valence-corrected chi connectivity index (χ3v) is 9.39. The van der Waals surface area contributed by atoms with Gasteiger partial charge in [-0.25, -0.2) is 0 Å². The lowest BCUT2D eigenvalue weighted by molar-refractivity contribution is -0.343. The van der Waals surface area contributed by atoms with Crippen LogP contribution in [0.5, 0.6) is 0 Å². The third-order valence-electron chi connectivity index (χ3n) is 9.39. The molecule has 3 rings (SSSR count). The van der Waals surface area contributed by atoms with Gasteiger partial charge in [-0.05, 0) is 37.0 Å². The molecule has 0 amide bonds. The van der Waals surface area contributed by atoms with Gasteiger partial charge in [-0.15, -0.1) is 0 Å². The first-order valence-corrected chi connectivity index (χ1v) is 16.4. The number of allylic oxidation sites excluding steroid dienone is 2. The van der Waals surface area contributed by atoms with Crippen molar-refractivity contribution in [1.29, 1.82) is 0 Å². The lowest BCUT2D eigenvalue weighted by Gasteiger charge is -2.48. The molecule has 2 saturated heterocycles. The number of ether oxygens (including phenoxy) is 4. The predicted molar refractivity (Wildman–Crippen MR) is 165 cm³/mol. The summed E-state index contributed by atoms with van der Waals surface area (Å²) in [5.41, 5.74) is 7.66. The van der Waals surface area contributed by atoms with E-state index in [-0.39, 0.29) is 36.7 Å². The Balaban J connectivity index is 1.31. The average Bonchev–Trinajstić information content (AvgIpc) is 2.98. The second kappa shape index (κ2) is 18.3. The average molecular weight is 558 g/mol. The molecule has 5 heteroatoms. The second-order valence-corrected chi connectivity index (χ2v) is 12.6. The monoisotopic (exact) mass is 557 g/mol. The molecule has 1 aromatic carbocycles. The first-order chi connectivity index (χ1) is 19.4. The Labute approximate surface area is 245 Å². The third kappa shape index (κ3) is 10.5. The zero-order chi connectivity index (χ0) is 28.7. The molecule has 0 aromatic heterocycles. The molecular weight excluding hydrogens is 498 g/mol. The topological polar surface area (TPSA) is 62.9 Å². The largest absolute Gasteiger partial charge is 0.351 e. The summed E-state index contributed by atoms with van der Waals surface area (Å²) in [5.74, 6) is 1.39. The summed E-state index contributed by atoms with van der Waals surface area (Å²) in [5, 5.41) is 0. The summed E-state index contributed by atoms with van der Waals surface area (Å²) in [6.07, 6.45) is 18.7. The maximum absolute atomic E-state index is 6.61. The minimum Gasteiger partial charge on any atom is -0.351 e. The van der Waals surface area contributed by atoms with Crippen LogP contribution >= 0.6 is 0 Å². The summed E-state index contributed by atoms with van der Waals surface area (Å²) < 4.78 is 25.0. The van der Waals surface area contributed by atoms with Crippen LogP contribution in [0, 0.1) is 23.7 Å². The fourth-order valence-corrected chi connectivity index (χ4v) is 5.94. The van der Waals surface area contributed by atoms with E-state index in [1.807, 2.05) is 30.3 Å². The number of hydrogen-bond donors (Lipinski definition) is 1. The van der Waals surface area contributed by atoms with Crippen molar-refractivity contribution >= 4 is 0 Å². The van der Waals surface area contributed by atoms with Crippen LogP contribution in [0.2, 0.25) is 0 Å². The van der Waals surface area contributed by atoms with E-state index in [1.54, 1.807) is 0 Å². The molecule has 0 aliphatic carbocycles. The van der Waals surface area contributed by atoms with Crippen LogP contribution in [0.15, 0.2) is 42.5 Å². The normalized spacial score (nSPS) is 29.2. The molecule has 9 atom stereocenters. The van der Waals surface area contributed by atoms with Crippen molar-refractivity contribution < 1.29 is 18.9 Å². The van der Waals surface area contributed by atoms with Gasteiger partial charge in [0, 0.05) is 17.5 Å². The highest BCUT2D eigenvalue weighted by atomic mass is 16.7. The van der Waals surface area contributed by atoms with Gasteiger partial charge in [0.05, 0.1) is 19.3 Å². The van der Waals surface area contributed by atoms with Crippen molar-refractivity contribution in [3.63, 3.8) is 0 Å². The molecule has 2 aliphatic rings. The molecule has 0 radical (unpaired) electrons. The number of hydrogen-bond acceptors (Lipinski definition) is 5. The van der Waals surface area contributed by atoms with Gasteiger partial charge in [-0.1, -0.05) is 128 Å². The maximum atomic E-state index is 6.61. The number of benzene rings is 1. The van der Waals surface area contributed by atoms with E-state index < -0.39 is 0 Å². The van der Waals surface area contributed by atoms with Crippen molar-refractivity contribution in [2.24, 2.45) is 29.4 Å². The molecule has 0 spiro atoms. The molecule has 5 nitrogen and oxygen atoms in total.